The second-order valence-corrected chi connectivity index (χ2v) is 3.63. The summed E-state index contributed by atoms with van der Waals surface area (Å²) in [4.78, 5) is 21.8. The number of carbonyl (C=O) groups is 2. The molecule has 0 aromatic heterocycles. The van der Waals surface area contributed by atoms with Crippen LogP contribution in [-0.2, 0) is 19.1 Å². The summed E-state index contributed by atoms with van der Waals surface area (Å²) in [5, 5.41) is 0. The second-order valence-electron chi connectivity index (χ2n) is 3.63. The minimum Gasteiger partial charge on any atom is -0.459 e. The summed E-state index contributed by atoms with van der Waals surface area (Å²) in [6, 6.07) is 0. The van der Waals surface area contributed by atoms with Gasteiger partial charge in [0.2, 0.25) is 0 Å². The van der Waals surface area contributed by atoms with E-state index in [4.69, 9.17) is 9.47 Å². The van der Waals surface area contributed by atoms with Gasteiger partial charge in [-0.1, -0.05) is 0 Å². The van der Waals surface area contributed by atoms with Crippen LogP contribution in [0, 0.1) is 5.92 Å². The Hall–Kier alpha value is -1.06. The van der Waals surface area contributed by atoms with Crippen molar-refractivity contribution in [3.05, 3.63) is 0 Å². The maximum Gasteiger partial charge on any atom is 0.309 e. The van der Waals surface area contributed by atoms with Crippen molar-refractivity contribution in [2.45, 2.75) is 38.4 Å². The Bertz CT molecular complexity index is 248. The molecule has 3 atom stereocenters. The summed E-state index contributed by atoms with van der Waals surface area (Å²) in [6.45, 7) is 1.38. The molecule has 3 rings (SSSR count). The van der Waals surface area contributed by atoms with Crippen LogP contribution < -0.4 is 0 Å². The number of carbonyl (C=O) groups excluding carboxylic acids is 2. The Morgan fingerprint density at radius 2 is 2.31 bits per heavy atom. The van der Waals surface area contributed by atoms with Crippen LogP contribution in [0.15, 0.2) is 0 Å². The minimum absolute atomic E-state index is 0.0469. The third kappa shape index (κ3) is 1.53. The van der Waals surface area contributed by atoms with E-state index in [-0.39, 0.29) is 30.1 Å². The fourth-order valence-electron chi connectivity index (χ4n) is 2.03. The predicted octanol–water partition coefficient (Wildman–Crippen LogP) is 0.644. The Morgan fingerprint density at radius 1 is 1.54 bits per heavy atom. The van der Waals surface area contributed by atoms with Crippen molar-refractivity contribution in [1.82, 2.24) is 0 Å². The van der Waals surface area contributed by atoms with Gasteiger partial charge in [0, 0.05) is 13.3 Å². The Morgan fingerprint density at radius 3 is 2.77 bits per heavy atom. The first-order chi connectivity index (χ1) is 6.16. The lowest BCUT2D eigenvalue weighted by Gasteiger charge is -2.39. The van der Waals surface area contributed by atoms with Crippen LogP contribution in [-0.4, -0.2) is 24.1 Å². The number of rotatable bonds is 1. The molecule has 0 N–H and O–H groups in total. The molecule has 0 aromatic carbocycles. The lowest BCUT2D eigenvalue weighted by atomic mass is 9.82. The number of hydrogen-bond donors (Lipinski definition) is 0. The fourth-order valence-corrected chi connectivity index (χ4v) is 2.03. The molecular weight excluding hydrogens is 172 g/mol. The molecule has 1 saturated carbocycles. The molecule has 0 aromatic rings. The molecule has 3 aliphatic rings. The molecule has 13 heavy (non-hydrogen) atoms. The first kappa shape index (κ1) is 8.53. The highest BCUT2D eigenvalue weighted by Crippen LogP contribution is 2.35. The average molecular weight is 184 g/mol. The normalized spacial score (nSPS) is 37.0. The van der Waals surface area contributed by atoms with Gasteiger partial charge in [0.05, 0.1) is 5.92 Å². The molecule has 0 spiro atoms. The Labute approximate surface area is 76.2 Å². The molecule has 3 unspecified atom stereocenters. The van der Waals surface area contributed by atoms with E-state index >= 15 is 0 Å². The molecule has 72 valence electrons. The summed E-state index contributed by atoms with van der Waals surface area (Å²) in [6.07, 6.45) is 1.95. The fraction of sp³-hybridized carbons (Fsp3) is 0.778. The second kappa shape index (κ2) is 3.01. The van der Waals surface area contributed by atoms with E-state index in [1.54, 1.807) is 0 Å². The van der Waals surface area contributed by atoms with Gasteiger partial charge in [0.15, 0.2) is 0 Å². The van der Waals surface area contributed by atoms with E-state index in [9.17, 15) is 9.59 Å². The summed E-state index contributed by atoms with van der Waals surface area (Å²) < 4.78 is 10.1. The van der Waals surface area contributed by atoms with Crippen LogP contribution >= 0.6 is 0 Å². The van der Waals surface area contributed by atoms with E-state index in [0.717, 1.165) is 12.8 Å². The van der Waals surface area contributed by atoms with Gasteiger partial charge in [-0.3, -0.25) is 9.59 Å². The smallest absolute Gasteiger partial charge is 0.309 e. The van der Waals surface area contributed by atoms with Crippen LogP contribution in [0.1, 0.15) is 26.2 Å². The SMILES string of the molecule is CC(=O)OC1CC2CCC1OC2=O. The van der Waals surface area contributed by atoms with Crippen molar-refractivity contribution in [2.24, 2.45) is 5.92 Å². The number of ether oxygens (including phenoxy) is 2. The van der Waals surface area contributed by atoms with Crippen molar-refractivity contribution < 1.29 is 19.1 Å². The first-order valence-corrected chi connectivity index (χ1v) is 4.54. The van der Waals surface area contributed by atoms with Gasteiger partial charge in [-0.05, 0) is 12.8 Å². The zero-order chi connectivity index (χ0) is 9.42. The van der Waals surface area contributed by atoms with Gasteiger partial charge in [0.25, 0.3) is 0 Å². The lowest BCUT2D eigenvalue weighted by Crippen LogP contribution is -2.48. The average Bonchev–Trinajstić information content (AvgIpc) is 2.05. The highest BCUT2D eigenvalue weighted by molar-refractivity contribution is 5.74. The number of esters is 2. The maximum atomic E-state index is 11.1. The van der Waals surface area contributed by atoms with Crippen molar-refractivity contribution in [1.29, 1.82) is 0 Å². The zero-order valence-electron chi connectivity index (χ0n) is 7.49. The molecule has 4 nitrogen and oxygen atoms in total. The van der Waals surface area contributed by atoms with Gasteiger partial charge in [-0.25, -0.2) is 0 Å². The highest BCUT2D eigenvalue weighted by atomic mass is 16.6. The van der Waals surface area contributed by atoms with Crippen LogP contribution in [0.4, 0.5) is 0 Å². The quantitative estimate of drug-likeness (QED) is 0.561. The molecule has 2 saturated heterocycles. The third-order valence-electron chi connectivity index (χ3n) is 2.65. The van der Waals surface area contributed by atoms with E-state index in [0.29, 0.717) is 6.42 Å². The molecular formula is C9H12O4. The van der Waals surface area contributed by atoms with E-state index in [1.165, 1.54) is 6.92 Å². The lowest BCUT2D eigenvalue weighted by molar-refractivity contribution is -0.193. The molecule has 2 bridgehead atoms. The zero-order valence-corrected chi connectivity index (χ0v) is 7.49. The highest BCUT2D eigenvalue weighted by Gasteiger charge is 2.44. The van der Waals surface area contributed by atoms with Crippen molar-refractivity contribution in [3.8, 4) is 0 Å². The van der Waals surface area contributed by atoms with Crippen molar-refractivity contribution >= 4 is 11.9 Å². The monoisotopic (exact) mass is 184 g/mol. The van der Waals surface area contributed by atoms with E-state index in [1.807, 2.05) is 0 Å². The molecule has 0 amide bonds. The minimum atomic E-state index is -0.298. The van der Waals surface area contributed by atoms with Crippen LogP contribution in [0.2, 0.25) is 0 Å². The van der Waals surface area contributed by atoms with Crippen LogP contribution in [0.3, 0.4) is 0 Å². The topological polar surface area (TPSA) is 52.6 Å². The summed E-state index contributed by atoms with van der Waals surface area (Å²) >= 11 is 0. The van der Waals surface area contributed by atoms with Gasteiger partial charge in [-0.2, -0.15) is 0 Å². The van der Waals surface area contributed by atoms with Crippen LogP contribution in [0.5, 0.6) is 0 Å². The third-order valence-corrected chi connectivity index (χ3v) is 2.65. The van der Waals surface area contributed by atoms with Gasteiger partial charge in [0.1, 0.15) is 12.2 Å². The van der Waals surface area contributed by atoms with Crippen molar-refractivity contribution in [2.75, 3.05) is 0 Å². The van der Waals surface area contributed by atoms with E-state index < -0.39 is 0 Å². The molecule has 2 heterocycles. The van der Waals surface area contributed by atoms with Crippen molar-refractivity contribution in [3.63, 3.8) is 0 Å². The molecule has 3 fully saturated rings. The number of fused-ring (bicyclic) bond motifs is 3. The molecule has 2 aliphatic heterocycles. The Balaban J connectivity index is 2.02. The Kier molecular flexibility index (Phi) is 1.98. The summed E-state index contributed by atoms with van der Waals surface area (Å²) in [5.41, 5.74) is 0. The van der Waals surface area contributed by atoms with Crippen LogP contribution in [0.25, 0.3) is 0 Å². The summed E-state index contributed by atoms with van der Waals surface area (Å²) in [7, 11) is 0. The van der Waals surface area contributed by atoms with Gasteiger partial charge >= 0.3 is 11.9 Å². The first-order valence-electron chi connectivity index (χ1n) is 4.54. The van der Waals surface area contributed by atoms with E-state index in [2.05, 4.69) is 0 Å². The molecule has 4 heteroatoms. The molecule has 0 radical (unpaired) electrons. The van der Waals surface area contributed by atoms with Gasteiger partial charge < -0.3 is 9.47 Å². The largest absolute Gasteiger partial charge is 0.459 e. The predicted molar refractivity (Wildman–Crippen MR) is 42.8 cm³/mol. The summed E-state index contributed by atoms with van der Waals surface area (Å²) in [5.74, 6) is -0.470. The molecule has 1 aliphatic carbocycles. The standard InChI is InChI=1S/C9H12O4/c1-5(10)12-8-4-6-2-3-7(8)13-9(6)11/h6-8H,2-4H2,1H3. The van der Waals surface area contributed by atoms with Gasteiger partial charge in [-0.15, -0.1) is 0 Å². The number of hydrogen-bond acceptors (Lipinski definition) is 4. The maximum absolute atomic E-state index is 11.1.